The average molecular weight is 415 g/mol. The van der Waals surface area contributed by atoms with Crippen LogP contribution in [0.5, 0.6) is 23.0 Å². The molecule has 0 aromatic heterocycles. The fourth-order valence-corrected chi connectivity index (χ4v) is 3.82. The highest BCUT2D eigenvalue weighted by Crippen LogP contribution is 2.41. The minimum absolute atomic E-state index is 0.0470. The number of hydrogen-bond acceptors (Lipinski definition) is 6. The molecule has 1 amide bonds. The number of benzene rings is 2. The number of carboxylic acids is 1. The molecule has 1 atom stereocenters. The third-order valence-corrected chi connectivity index (χ3v) is 5.26. The largest absolute Gasteiger partial charge is 0.493 e. The van der Waals surface area contributed by atoms with Crippen molar-refractivity contribution in [3.63, 3.8) is 0 Å². The molecule has 8 heteroatoms. The number of methoxy groups -OCH3 is 4. The Hall–Kier alpha value is -3.42. The molecule has 1 aliphatic heterocycles. The lowest BCUT2D eigenvalue weighted by molar-refractivity contribution is -0.151. The Kier molecular flexibility index (Phi) is 6.34. The molecular weight excluding hydrogens is 390 g/mol. The van der Waals surface area contributed by atoms with Gasteiger partial charge in [-0.3, -0.25) is 4.79 Å². The first-order chi connectivity index (χ1) is 14.4. The third-order valence-electron chi connectivity index (χ3n) is 5.26. The lowest BCUT2D eigenvalue weighted by Crippen LogP contribution is -2.44. The van der Waals surface area contributed by atoms with Gasteiger partial charge in [0.2, 0.25) is 5.91 Å². The lowest BCUT2D eigenvalue weighted by Gasteiger charge is -2.35. The van der Waals surface area contributed by atoms with Gasteiger partial charge < -0.3 is 29.0 Å². The van der Waals surface area contributed by atoms with E-state index in [-0.39, 0.29) is 18.9 Å². The summed E-state index contributed by atoms with van der Waals surface area (Å²) in [6.07, 6.45) is 0.518. The molecular formula is C22H25NO7. The van der Waals surface area contributed by atoms with E-state index in [0.717, 1.165) is 5.56 Å². The van der Waals surface area contributed by atoms with Gasteiger partial charge in [-0.25, -0.2) is 4.79 Å². The maximum absolute atomic E-state index is 12.9. The molecule has 30 heavy (non-hydrogen) atoms. The molecule has 160 valence electrons. The van der Waals surface area contributed by atoms with Gasteiger partial charge in [0.15, 0.2) is 29.0 Å². The number of carbonyl (C=O) groups excluding carboxylic acids is 1. The fourth-order valence-electron chi connectivity index (χ4n) is 3.82. The van der Waals surface area contributed by atoms with Crippen molar-refractivity contribution in [2.45, 2.75) is 18.9 Å². The van der Waals surface area contributed by atoms with Crippen molar-refractivity contribution in [2.75, 3.05) is 35.0 Å². The predicted octanol–water partition coefficient (Wildman–Crippen LogP) is 2.47. The predicted molar refractivity (Wildman–Crippen MR) is 109 cm³/mol. The van der Waals surface area contributed by atoms with Crippen LogP contribution in [0.2, 0.25) is 0 Å². The van der Waals surface area contributed by atoms with Crippen molar-refractivity contribution in [1.29, 1.82) is 0 Å². The number of aliphatic carboxylic acids is 1. The molecule has 0 spiro atoms. The number of fused-ring (bicyclic) bond motifs is 1. The minimum atomic E-state index is -1.10. The molecule has 0 saturated heterocycles. The smallest absolute Gasteiger partial charge is 0.331 e. The van der Waals surface area contributed by atoms with Crippen LogP contribution in [-0.4, -0.2) is 56.9 Å². The van der Waals surface area contributed by atoms with Gasteiger partial charge >= 0.3 is 5.97 Å². The molecule has 3 rings (SSSR count). The Balaban J connectivity index is 1.91. The van der Waals surface area contributed by atoms with E-state index in [0.29, 0.717) is 40.5 Å². The molecule has 1 N–H and O–H groups in total. The molecule has 0 aliphatic carbocycles. The molecule has 1 unspecified atom stereocenters. The Bertz CT molecular complexity index is 957. The topological polar surface area (TPSA) is 94.5 Å². The number of rotatable bonds is 8. The second kappa shape index (κ2) is 8.94. The summed E-state index contributed by atoms with van der Waals surface area (Å²) in [5.41, 5.74) is 1.99. The van der Waals surface area contributed by atoms with E-state index in [4.69, 9.17) is 18.9 Å². The van der Waals surface area contributed by atoms with Gasteiger partial charge in [-0.15, -0.1) is 0 Å². The first kappa shape index (κ1) is 21.3. The maximum Gasteiger partial charge on any atom is 0.331 e. The highest BCUT2D eigenvalue weighted by Gasteiger charge is 2.39. The highest BCUT2D eigenvalue weighted by molar-refractivity contribution is 5.90. The Labute approximate surface area is 174 Å². The zero-order chi connectivity index (χ0) is 21.8. The van der Waals surface area contributed by atoms with Gasteiger partial charge in [-0.2, -0.15) is 0 Å². The average Bonchev–Trinajstić information content (AvgIpc) is 2.75. The van der Waals surface area contributed by atoms with Crippen LogP contribution >= 0.6 is 0 Å². The van der Waals surface area contributed by atoms with Crippen molar-refractivity contribution in [3.05, 3.63) is 47.0 Å². The maximum atomic E-state index is 12.9. The van der Waals surface area contributed by atoms with Crippen LogP contribution < -0.4 is 18.9 Å². The fraction of sp³-hybridized carbons (Fsp3) is 0.364. The summed E-state index contributed by atoms with van der Waals surface area (Å²) in [6.45, 7) is 0.249. The van der Waals surface area contributed by atoms with Gasteiger partial charge in [0.25, 0.3) is 0 Å². The van der Waals surface area contributed by atoms with Crippen LogP contribution in [0.25, 0.3) is 0 Å². The van der Waals surface area contributed by atoms with Gasteiger partial charge in [-0.05, 0) is 35.7 Å². The van der Waals surface area contributed by atoms with Crippen LogP contribution in [0.15, 0.2) is 30.3 Å². The monoisotopic (exact) mass is 415 g/mol. The summed E-state index contributed by atoms with van der Waals surface area (Å²) in [6, 6.07) is 7.73. The molecule has 2 aromatic carbocycles. The number of amides is 1. The van der Waals surface area contributed by atoms with E-state index >= 15 is 0 Å². The highest BCUT2D eigenvalue weighted by atomic mass is 16.5. The molecule has 0 fully saturated rings. The van der Waals surface area contributed by atoms with Gasteiger partial charge in [-0.1, -0.05) is 12.1 Å². The van der Waals surface area contributed by atoms with Gasteiger partial charge in [0.05, 0.1) is 34.9 Å². The number of carboxylic acid groups (broad SMARTS) is 1. The van der Waals surface area contributed by atoms with E-state index in [1.807, 2.05) is 12.1 Å². The summed E-state index contributed by atoms with van der Waals surface area (Å²) in [5.74, 6) is 0.678. The molecule has 0 radical (unpaired) electrons. The van der Waals surface area contributed by atoms with E-state index in [2.05, 4.69) is 0 Å². The summed E-state index contributed by atoms with van der Waals surface area (Å²) in [4.78, 5) is 26.4. The Morgan fingerprint density at radius 1 is 1.00 bits per heavy atom. The van der Waals surface area contributed by atoms with Gasteiger partial charge in [0.1, 0.15) is 0 Å². The van der Waals surface area contributed by atoms with Crippen LogP contribution in [0.3, 0.4) is 0 Å². The van der Waals surface area contributed by atoms with Gasteiger partial charge in [0, 0.05) is 12.1 Å². The van der Waals surface area contributed by atoms with Crippen molar-refractivity contribution in [3.8, 4) is 23.0 Å². The van der Waals surface area contributed by atoms with Crippen LogP contribution in [0.4, 0.5) is 0 Å². The van der Waals surface area contributed by atoms with Crippen molar-refractivity contribution < 1.29 is 33.6 Å². The van der Waals surface area contributed by atoms with E-state index < -0.39 is 12.0 Å². The SMILES string of the molecule is COc1ccc(CCN2C(=O)Cc3c(ccc(OC)c3OC)C2C(=O)O)cc1OC. The minimum Gasteiger partial charge on any atom is -0.493 e. The molecule has 0 saturated carbocycles. The molecule has 0 bridgehead atoms. The van der Waals surface area contributed by atoms with Crippen molar-refractivity contribution in [1.82, 2.24) is 4.90 Å². The second-order valence-electron chi connectivity index (χ2n) is 6.81. The van der Waals surface area contributed by atoms with Crippen molar-refractivity contribution >= 4 is 11.9 Å². The molecule has 1 heterocycles. The van der Waals surface area contributed by atoms with Crippen LogP contribution in [-0.2, 0) is 22.4 Å². The number of carbonyl (C=O) groups is 2. The lowest BCUT2D eigenvalue weighted by atomic mass is 9.90. The Morgan fingerprint density at radius 3 is 2.27 bits per heavy atom. The van der Waals surface area contributed by atoms with Crippen LogP contribution in [0.1, 0.15) is 22.7 Å². The molecule has 1 aliphatic rings. The second-order valence-corrected chi connectivity index (χ2v) is 6.81. The Morgan fingerprint density at radius 2 is 1.67 bits per heavy atom. The standard InChI is InChI=1S/C22H25NO7/c1-27-16-7-5-13(11-18(16)29-3)9-10-23-19(24)12-15-14(20(23)22(25)26)6-8-17(28-2)21(15)30-4/h5-8,11,20H,9-10,12H2,1-4H3,(H,25,26). The van der Waals surface area contributed by atoms with E-state index in [9.17, 15) is 14.7 Å². The van der Waals surface area contributed by atoms with Crippen LogP contribution in [0, 0.1) is 0 Å². The van der Waals surface area contributed by atoms with E-state index in [1.165, 1.54) is 19.1 Å². The number of ether oxygens (including phenoxy) is 4. The number of nitrogens with zero attached hydrogens (tertiary/aromatic N) is 1. The zero-order valence-electron chi connectivity index (χ0n) is 17.4. The molecule has 8 nitrogen and oxygen atoms in total. The third kappa shape index (κ3) is 3.85. The first-order valence-corrected chi connectivity index (χ1v) is 9.42. The zero-order valence-corrected chi connectivity index (χ0v) is 17.4. The quantitative estimate of drug-likeness (QED) is 0.708. The summed E-state index contributed by atoms with van der Waals surface area (Å²) < 4.78 is 21.3. The molecule has 2 aromatic rings. The summed E-state index contributed by atoms with van der Waals surface area (Å²) >= 11 is 0. The van der Waals surface area contributed by atoms with Crippen molar-refractivity contribution in [2.24, 2.45) is 0 Å². The first-order valence-electron chi connectivity index (χ1n) is 9.42. The van der Waals surface area contributed by atoms with E-state index in [1.54, 1.807) is 32.4 Å². The summed E-state index contributed by atoms with van der Waals surface area (Å²) in [7, 11) is 6.08. The summed E-state index contributed by atoms with van der Waals surface area (Å²) in [5, 5.41) is 9.91. The number of hydrogen-bond donors (Lipinski definition) is 1. The normalized spacial score (nSPS) is 15.4.